The highest BCUT2D eigenvalue weighted by Crippen LogP contribution is 2.11. The van der Waals surface area contributed by atoms with E-state index in [0.717, 1.165) is 25.2 Å². The van der Waals surface area contributed by atoms with Gasteiger partial charge in [-0.3, -0.25) is 0 Å². The zero-order valence-electron chi connectivity index (χ0n) is 12.1. The van der Waals surface area contributed by atoms with Crippen molar-refractivity contribution in [3.8, 4) is 0 Å². The predicted octanol–water partition coefficient (Wildman–Crippen LogP) is 2.00. The summed E-state index contributed by atoms with van der Waals surface area (Å²) < 4.78 is 5.28. The van der Waals surface area contributed by atoms with Crippen molar-refractivity contribution in [2.24, 2.45) is 5.73 Å². The molecular formula is C15H22N4O. The van der Waals surface area contributed by atoms with E-state index in [-0.39, 0.29) is 6.04 Å². The first kappa shape index (κ1) is 14.7. The molecule has 0 saturated carbocycles. The molecule has 2 aromatic rings. The highest BCUT2D eigenvalue weighted by atomic mass is 16.5. The SMILES string of the molecule is CCN(CC)CC(N)c1noc(Cc2ccccc2)n1. The zero-order chi connectivity index (χ0) is 14.4. The monoisotopic (exact) mass is 274 g/mol. The molecule has 108 valence electrons. The Morgan fingerprint density at radius 2 is 1.90 bits per heavy atom. The average Bonchev–Trinajstić information content (AvgIpc) is 2.94. The van der Waals surface area contributed by atoms with Crippen molar-refractivity contribution < 1.29 is 4.52 Å². The van der Waals surface area contributed by atoms with Crippen LogP contribution in [0.3, 0.4) is 0 Å². The fourth-order valence-electron chi connectivity index (χ4n) is 2.10. The molecule has 0 bridgehead atoms. The van der Waals surface area contributed by atoms with Gasteiger partial charge in [-0.25, -0.2) is 0 Å². The van der Waals surface area contributed by atoms with E-state index in [1.54, 1.807) is 0 Å². The largest absolute Gasteiger partial charge is 0.339 e. The number of hydrogen-bond acceptors (Lipinski definition) is 5. The topological polar surface area (TPSA) is 68.2 Å². The van der Waals surface area contributed by atoms with Gasteiger partial charge in [-0.1, -0.05) is 49.3 Å². The van der Waals surface area contributed by atoms with Crippen molar-refractivity contribution in [3.63, 3.8) is 0 Å². The summed E-state index contributed by atoms with van der Waals surface area (Å²) in [6.45, 7) is 6.93. The molecule has 0 spiro atoms. The summed E-state index contributed by atoms with van der Waals surface area (Å²) in [4.78, 5) is 6.65. The molecule has 1 aromatic heterocycles. The highest BCUT2D eigenvalue weighted by Gasteiger charge is 2.16. The van der Waals surface area contributed by atoms with E-state index >= 15 is 0 Å². The molecule has 1 aromatic carbocycles. The molecule has 0 saturated heterocycles. The van der Waals surface area contributed by atoms with Crippen LogP contribution < -0.4 is 5.73 Å². The Balaban J connectivity index is 1.98. The van der Waals surface area contributed by atoms with Crippen molar-refractivity contribution in [3.05, 3.63) is 47.6 Å². The van der Waals surface area contributed by atoms with Crippen LogP contribution in [0.25, 0.3) is 0 Å². The summed E-state index contributed by atoms with van der Waals surface area (Å²) in [5.74, 6) is 1.20. The second kappa shape index (κ2) is 7.17. The van der Waals surface area contributed by atoms with Crippen LogP contribution in [0.1, 0.15) is 37.2 Å². The number of benzene rings is 1. The van der Waals surface area contributed by atoms with Crippen molar-refractivity contribution in [1.29, 1.82) is 0 Å². The number of aromatic nitrogens is 2. The second-order valence-electron chi connectivity index (χ2n) is 4.80. The minimum Gasteiger partial charge on any atom is -0.339 e. The summed E-state index contributed by atoms with van der Waals surface area (Å²) in [6, 6.07) is 9.86. The molecule has 0 amide bonds. The number of likely N-dealkylation sites (N-methyl/N-ethyl adjacent to an activating group) is 1. The van der Waals surface area contributed by atoms with Gasteiger partial charge >= 0.3 is 0 Å². The third kappa shape index (κ3) is 3.88. The lowest BCUT2D eigenvalue weighted by Crippen LogP contribution is -2.32. The van der Waals surface area contributed by atoms with Crippen LogP contribution in [-0.2, 0) is 6.42 Å². The Kier molecular flexibility index (Phi) is 5.26. The van der Waals surface area contributed by atoms with Crippen molar-refractivity contribution in [2.75, 3.05) is 19.6 Å². The quantitative estimate of drug-likeness (QED) is 0.836. The Bertz CT molecular complexity index is 508. The molecule has 5 heteroatoms. The maximum absolute atomic E-state index is 6.13. The van der Waals surface area contributed by atoms with E-state index in [2.05, 4.69) is 28.9 Å². The lowest BCUT2D eigenvalue weighted by Gasteiger charge is -2.20. The van der Waals surface area contributed by atoms with Gasteiger partial charge in [-0.2, -0.15) is 4.98 Å². The summed E-state index contributed by atoms with van der Waals surface area (Å²) in [5, 5.41) is 4.00. The van der Waals surface area contributed by atoms with Crippen LogP contribution in [0.5, 0.6) is 0 Å². The molecular weight excluding hydrogens is 252 g/mol. The van der Waals surface area contributed by atoms with Crippen LogP contribution in [0.4, 0.5) is 0 Å². The van der Waals surface area contributed by atoms with E-state index in [9.17, 15) is 0 Å². The average molecular weight is 274 g/mol. The minimum atomic E-state index is -0.205. The number of rotatable bonds is 7. The van der Waals surface area contributed by atoms with Crippen LogP contribution >= 0.6 is 0 Å². The van der Waals surface area contributed by atoms with E-state index in [4.69, 9.17) is 10.3 Å². The molecule has 1 unspecified atom stereocenters. The minimum absolute atomic E-state index is 0.205. The number of nitrogens with zero attached hydrogens (tertiary/aromatic N) is 3. The van der Waals surface area contributed by atoms with E-state index in [1.165, 1.54) is 0 Å². The highest BCUT2D eigenvalue weighted by molar-refractivity contribution is 5.18. The van der Waals surface area contributed by atoms with Gasteiger partial charge in [0.25, 0.3) is 0 Å². The second-order valence-corrected chi connectivity index (χ2v) is 4.80. The fraction of sp³-hybridized carbons (Fsp3) is 0.467. The summed E-state index contributed by atoms with van der Waals surface area (Å²) in [6.07, 6.45) is 0.645. The molecule has 2 N–H and O–H groups in total. The lowest BCUT2D eigenvalue weighted by molar-refractivity contribution is 0.277. The van der Waals surface area contributed by atoms with Gasteiger partial charge in [0, 0.05) is 6.54 Å². The normalized spacial score (nSPS) is 12.8. The maximum atomic E-state index is 6.13. The standard InChI is InChI=1S/C15H22N4O/c1-3-19(4-2)11-13(16)15-17-14(20-18-15)10-12-8-6-5-7-9-12/h5-9,13H,3-4,10-11,16H2,1-2H3. The van der Waals surface area contributed by atoms with Gasteiger partial charge in [0.2, 0.25) is 5.89 Å². The molecule has 0 aliphatic rings. The van der Waals surface area contributed by atoms with Gasteiger partial charge in [0.1, 0.15) is 0 Å². The van der Waals surface area contributed by atoms with Gasteiger partial charge in [-0.05, 0) is 18.7 Å². The lowest BCUT2D eigenvalue weighted by atomic mass is 10.1. The van der Waals surface area contributed by atoms with Crippen LogP contribution in [0, 0.1) is 0 Å². The first-order valence-corrected chi connectivity index (χ1v) is 7.07. The predicted molar refractivity (Wildman–Crippen MR) is 78.3 cm³/mol. The smallest absolute Gasteiger partial charge is 0.231 e. The third-order valence-corrected chi connectivity index (χ3v) is 3.36. The Morgan fingerprint density at radius 1 is 1.20 bits per heavy atom. The molecule has 0 fully saturated rings. The summed E-state index contributed by atoms with van der Waals surface area (Å²) in [7, 11) is 0. The number of hydrogen-bond donors (Lipinski definition) is 1. The van der Waals surface area contributed by atoms with Crippen molar-refractivity contribution in [1.82, 2.24) is 15.0 Å². The zero-order valence-corrected chi connectivity index (χ0v) is 12.1. The van der Waals surface area contributed by atoms with Gasteiger partial charge < -0.3 is 15.2 Å². The van der Waals surface area contributed by atoms with Crippen LogP contribution in [-0.4, -0.2) is 34.7 Å². The first-order chi connectivity index (χ1) is 9.72. The molecule has 0 aliphatic carbocycles. The van der Waals surface area contributed by atoms with Crippen LogP contribution in [0.2, 0.25) is 0 Å². The molecule has 1 heterocycles. The van der Waals surface area contributed by atoms with E-state index < -0.39 is 0 Å². The molecule has 2 rings (SSSR count). The summed E-state index contributed by atoms with van der Waals surface area (Å²) in [5.41, 5.74) is 7.28. The molecule has 0 radical (unpaired) electrons. The molecule has 0 aliphatic heterocycles. The summed E-state index contributed by atoms with van der Waals surface area (Å²) >= 11 is 0. The van der Waals surface area contributed by atoms with Gasteiger partial charge in [0.05, 0.1) is 12.5 Å². The molecule has 1 atom stereocenters. The Labute approximate surface area is 119 Å². The third-order valence-electron chi connectivity index (χ3n) is 3.36. The Morgan fingerprint density at radius 3 is 2.55 bits per heavy atom. The van der Waals surface area contributed by atoms with Crippen molar-refractivity contribution >= 4 is 0 Å². The van der Waals surface area contributed by atoms with Crippen molar-refractivity contribution in [2.45, 2.75) is 26.3 Å². The maximum Gasteiger partial charge on any atom is 0.231 e. The van der Waals surface area contributed by atoms with E-state index in [1.807, 2.05) is 30.3 Å². The van der Waals surface area contributed by atoms with E-state index in [0.29, 0.717) is 18.1 Å². The molecule has 20 heavy (non-hydrogen) atoms. The number of nitrogens with two attached hydrogens (primary N) is 1. The first-order valence-electron chi connectivity index (χ1n) is 7.07. The Hall–Kier alpha value is -1.72. The van der Waals surface area contributed by atoms with Crippen LogP contribution in [0.15, 0.2) is 34.9 Å². The van der Waals surface area contributed by atoms with Gasteiger partial charge in [-0.15, -0.1) is 0 Å². The van der Waals surface area contributed by atoms with Gasteiger partial charge in [0.15, 0.2) is 5.82 Å². The fourth-order valence-corrected chi connectivity index (χ4v) is 2.10. The molecule has 5 nitrogen and oxygen atoms in total.